The van der Waals surface area contributed by atoms with E-state index in [0.29, 0.717) is 11.1 Å². The predicted octanol–water partition coefficient (Wildman–Crippen LogP) is 3.77. The molecule has 0 aliphatic rings. The summed E-state index contributed by atoms with van der Waals surface area (Å²) in [6.07, 6.45) is -0.969. The van der Waals surface area contributed by atoms with Crippen molar-refractivity contribution in [3.63, 3.8) is 0 Å². The highest BCUT2D eigenvalue weighted by atomic mass is 16.5. The summed E-state index contributed by atoms with van der Waals surface area (Å²) in [6.45, 7) is 4.00. The molecule has 1 atom stereocenters. The van der Waals surface area contributed by atoms with Crippen LogP contribution in [-0.4, -0.2) is 35.9 Å². The Kier molecular flexibility index (Phi) is 4.80. The minimum Gasteiger partial charge on any atom is -0.444 e. The van der Waals surface area contributed by atoms with Crippen molar-refractivity contribution < 1.29 is 14.3 Å². The molecule has 0 saturated heterocycles. The second-order valence-electron chi connectivity index (χ2n) is 6.56. The van der Waals surface area contributed by atoms with E-state index in [9.17, 15) is 9.59 Å². The topological polar surface area (TPSA) is 62.4 Å². The molecule has 3 rings (SSSR count). The molecule has 0 bridgehead atoms. The van der Waals surface area contributed by atoms with Gasteiger partial charge in [-0.05, 0) is 37.6 Å². The Hall–Kier alpha value is -3.08. The van der Waals surface area contributed by atoms with Crippen LogP contribution in [0.3, 0.4) is 0 Å². The van der Waals surface area contributed by atoms with Crippen LogP contribution in [0.5, 0.6) is 0 Å². The van der Waals surface area contributed by atoms with Gasteiger partial charge < -0.3 is 14.6 Å². The first-order valence-corrected chi connectivity index (χ1v) is 8.44. The van der Waals surface area contributed by atoms with Crippen LogP contribution in [0, 0.1) is 13.8 Å². The molecule has 0 radical (unpaired) electrons. The maximum absolute atomic E-state index is 12.7. The van der Waals surface area contributed by atoms with Crippen molar-refractivity contribution in [2.24, 2.45) is 0 Å². The van der Waals surface area contributed by atoms with E-state index >= 15 is 0 Å². The second kappa shape index (κ2) is 7.04. The molecular formula is C21H22N2O3. The van der Waals surface area contributed by atoms with E-state index in [0.717, 1.165) is 22.2 Å². The van der Waals surface area contributed by atoms with Crippen molar-refractivity contribution in [3.8, 4) is 0 Å². The average Bonchev–Trinajstić information content (AvgIpc) is 2.93. The molecule has 1 N–H and O–H groups in total. The zero-order valence-electron chi connectivity index (χ0n) is 15.4. The summed E-state index contributed by atoms with van der Waals surface area (Å²) < 4.78 is 5.60. The summed E-state index contributed by atoms with van der Waals surface area (Å²) in [5, 5.41) is 0.979. The normalized spacial score (nSPS) is 12.0. The first-order valence-electron chi connectivity index (χ1n) is 8.44. The smallest absolute Gasteiger partial charge is 0.339 e. The molecule has 2 aromatic carbocycles. The van der Waals surface area contributed by atoms with E-state index in [-0.39, 0.29) is 5.91 Å². The summed E-state index contributed by atoms with van der Waals surface area (Å²) in [6, 6.07) is 14.4. The number of rotatable bonds is 4. The minimum absolute atomic E-state index is 0.278. The number of carbonyl (C=O) groups is 2. The highest BCUT2D eigenvalue weighted by molar-refractivity contribution is 5.97. The predicted molar refractivity (Wildman–Crippen MR) is 101 cm³/mol. The number of benzene rings is 2. The molecule has 0 unspecified atom stereocenters. The van der Waals surface area contributed by atoms with Crippen LogP contribution in [-0.2, 0) is 9.53 Å². The van der Waals surface area contributed by atoms with Gasteiger partial charge in [-0.2, -0.15) is 0 Å². The third kappa shape index (κ3) is 3.33. The highest BCUT2D eigenvalue weighted by Crippen LogP contribution is 2.25. The lowest BCUT2D eigenvalue weighted by Crippen LogP contribution is -2.31. The van der Waals surface area contributed by atoms with Gasteiger partial charge in [-0.3, -0.25) is 4.79 Å². The van der Waals surface area contributed by atoms with Gasteiger partial charge in [0.2, 0.25) is 6.10 Å². The SMILES string of the molecule is Cc1[nH]c2ccc(C(=O)O[C@@H](C(=O)N(C)C)c3ccccc3)cc2c1C. The molecule has 0 spiro atoms. The number of nitrogens with zero attached hydrogens (tertiary/aromatic N) is 1. The number of aromatic amines is 1. The standard InChI is InChI=1S/C21H22N2O3/c1-13-14(2)22-18-11-10-16(12-17(13)18)21(25)26-19(20(24)23(3)4)15-8-6-5-7-9-15/h5-12,19,22H,1-4H3/t19-/m1/s1. The van der Waals surface area contributed by atoms with Crippen molar-refractivity contribution in [1.82, 2.24) is 9.88 Å². The van der Waals surface area contributed by atoms with Crippen LogP contribution in [0.1, 0.15) is 33.3 Å². The summed E-state index contributed by atoms with van der Waals surface area (Å²) in [5.41, 5.74) is 4.20. The fourth-order valence-corrected chi connectivity index (χ4v) is 2.89. The molecule has 5 nitrogen and oxygen atoms in total. The van der Waals surface area contributed by atoms with Crippen LogP contribution in [0.25, 0.3) is 10.9 Å². The largest absolute Gasteiger partial charge is 0.444 e. The number of likely N-dealkylation sites (N-methyl/N-ethyl adjacent to an activating group) is 1. The van der Waals surface area contributed by atoms with Gasteiger partial charge in [0.05, 0.1) is 5.56 Å². The Bertz CT molecular complexity index is 958. The van der Waals surface area contributed by atoms with Crippen LogP contribution >= 0.6 is 0 Å². The van der Waals surface area contributed by atoms with Crippen LogP contribution in [0.15, 0.2) is 48.5 Å². The molecule has 0 aliphatic carbocycles. The molecule has 0 fully saturated rings. The van der Waals surface area contributed by atoms with E-state index < -0.39 is 12.1 Å². The van der Waals surface area contributed by atoms with Crippen LogP contribution < -0.4 is 0 Å². The summed E-state index contributed by atoms with van der Waals surface area (Å²) >= 11 is 0. The van der Waals surface area contributed by atoms with Crippen LogP contribution in [0.4, 0.5) is 0 Å². The van der Waals surface area contributed by atoms with Crippen molar-refractivity contribution in [1.29, 1.82) is 0 Å². The number of fused-ring (bicyclic) bond motifs is 1. The Labute approximate surface area is 152 Å². The van der Waals surface area contributed by atoms with E-state index in [4.69, 9.17) is 4.74 Å². The van der Waals surface area contributed by atoms with Gasteiger partial charge in [0.25, 0.3) is 5.91 Å². The maximum atomic E-state index is 12.7. The number of carbonyl (C=O) groups excluding carboxylic acids is 2. The number of ether oxygens (including phenoxy) is 1. The van der Waals surface area contributed by atoms with E-state index in [2.05, 4.69) is 4.98 Å². The molecule has 3 aromatic rings. The van der Waals surface area contributed by atoms with Gasteiger partial charge in [-0.1, -0.05) is 30.3 Å². The fourth-order valence-electron chi connectivity index (χ4n) is 2.89. The van der Waals surface area contributed by atoms with E-state index in [1.807, 2.05) is 38.1 Å². The number of amides is 1. The Morgan fingerprint density at radius 3 is 2.38 bits per heavy atom. The molecule has 1 heterocycles. The quantitative estimate of drug-likeness (QED) is 0.729. The van der Waals surface area contributed by atoms with Crippen molar-refractivity contribution in [3.05, 3.63) is 70.9 Å². The second-order valence-corrected chi connectivity index (χ2v) is 6.56. The number of hydrogen-bond acceptors (Lipinski definition) is 3. The number of hydrogen-bond donors (Lipinski definition) is 1. The monoisotopic (exact) mass is 350 g/mol. The Morgan fingerprint density at radius 1 is 1.04 bits per heavy atom. The maximum Gasteiger partial charge on any atom is 0.339 e. The zero-order chi connectivity index (χ0) is 18.8. The molecule has 1 amide bonds. The number of aryl methyl sites for hydroxylation is 2. The first-order chi connectivity index (χ1) is 12.4. The Balaban J connectivity index is 1.92. The lowest BCUT2D eigenvalue weighted by Gasteiger charge is -2.21. The van der Waals surface area contributed by atoms with E-state index in [1.165, 1.54) is 4.90 Å². The third-order valence-electron chi connectivity index (χ3n) is 4.54. The number of aromatic nitrogens is 1. The van der Waals surface area contributed by atoms with Gasteiger partial charge >= 0.3 is 5.97 Å². The lowest BCUT2D eigenvalue weighted by atomic mass is 10.1. The van der Waals surface area contributed by atoms with Crippen molar-refractivity contribution >= 4 is 22.8 Å². The number of esters is 1. The molecule has 134 valence electrons. The third-order valence-corrected chi connectivity index (χ3v) is 4.54. The molecule has 5 heteroatoms. The minimum atomic E-state index is -0.969. The summed E-state index contributed by atoms with van der Waals surface area (Å²) in [7, 11) is 3.29. The molecular weight excluding hydrogens is 328 g/mol. The molecule has 0 aliphatic heterocycles. The molecule has 0 saturated carbocycles. The fraction of sp³-hybridized carbons (Fsp3) is 0.238. The van der Waals surface area contributed by atoms with E-state index in [1.54, 1.807) is 38.4 Å². The first kappa shape index (κ1) is 17.7. The Morgan fingerprint density at radius 2 is 1.73 bits per heavy atom. The zero-order valence-corrected chi connectivity index (χ0v) is 15.4. The number of H-pyrrole nitrogens is 1. The number of nitrogens with one attached hydrogen (secondary N) is 1. The van der Waals surface area contributed by atoms with Gasteiger partial charge in [0.15, 0.2) is 0 Å². The average molecular weight is 350 g/mol. The van der Waals surface area contributed by atoms with Crippen molar-refractivity contribution in [2.45, 2.75) is 20.0 Å². The van der Waals surface area contributed by atoms with Gasteiger partial charge in [0, 0.05) is 36.3 Å². The molecule has 26 heavy (non-hydrogen) atoms. The highest BCUT2D eigenvalue weighted by Gasteiger charge is 2.27. The van der Waals surface area contributed by atoms with Gasteiger partial charge in [-0.15, -0.1) is 0 Å². The van der Waals surface area contributed by atoms with Gasteiger partial charge in [-0.25, -0.2) is 4.79 Å². The van der Waals surface area contributed by atoms with Gasteiger partial charge in [0.1, 0.15) is 0 Å². The van der Waals surface area contributed by atoms with Crippen molar-refractivity contribution in [2.75, 3.05) is 14.1 Å². The summed E-state index contributed by atoms with van der Waals surface area (Å²) in [5.74, 6) is -0.798. The van der Waals surface area contributed by atoms with Crippen LogP contribution in [0.2, 0.25) is 0 Å². The summed E-state index contributed by atoms with van der Waals surface area (Å²) in [4.78, 5) is 29.9. The lowest BCUT2D eigenvalue weighted by molar-refractivity contribution is -0.138. The molecule has 1 aromatic heterocycles.